The van der Waals surface area contributed by atoms with Crippen molar-refractivity contribution in [2.75, 3.05) is 11.4 Å². The van der Waals surface area contributed by atoms with Crippen LogP contribution in [-0.4, -0.2) is 25.2 Å². The third-order valence-electron chi connectivity index (χ3n) is 4.70. The highest BCUT2D eigenvalue weighted by Crippen LogP contribution is 2.32. The Kier molecular flexibility index (Phi) is 3.31. The molecule has 3 aromatic rings. The van der Waals surface area contributed by atoms with Crippen LogP contribution < -0.4 is 16.1 Å². The number of rotatable bonds is 1. The van der Waals surface area contributed by atoms with Crippen molar-refractivity contribution >= 4 is 22.8 Å². The van der Waals surface area contributed by atoms with Crippen molar-refractivity contribution in [1.82, 2.24) is 18.7 Å². The second kappa shape index (κ2) is 5.30. The Hall–Kier alpha value is -2.90. The Morgan fingerprint density at radius 1 is 1.08 bits per heavy atom. The van der Waals surface area contributed by atoms with Gasteiger partial charge in [0.2, 0.25) is 5.95 Å². The van der Waals surface area contributed by atoms with E-state index in [2.05, 4.69) is 11.9 Å². The van der Waals surface area contributed by atoms with Gasteiger partial charge < -0.3 is 9.47 Å². The molecular weight excluding hydrogens is 325 g/mol. The molecule has 0 amide bonds. The van der Waals surface area contributed by atoms with Crippen molar-refractivity contribution < 1.29 is 4.39 Å². The lowest BCUT2D eigenvalue weighted by molar-refractivity contribution is 0.458. The fourth-order valence-electron chi connectivity index (χ4n) is 3.42. The van der Waals surface area contributed by atoms with Gasteiger partial charge in [-0.05, 0) is 30.2 Å². The average molecular weight is 343 g/mol. The summed E-state index contributed by atoms with van der Waals surface area (Å²) in [5.41, 5.74) is 0.813. The lowest BCUT2D eigenvalue weighted by Crippen LogP contribution is -2.38. The van der Waals surface area contributed by atoms with Crippen LogP contribution in [0.5, 0.6) is 0 Å². The molecular formula is C17H18FN5O2. The van der Waals surface area contributed by atoms with Crippen LogP contribution in [0.1, 0.15) is 6.92 Å². The van der Waals surface area contributed by atoms with E-state index >= 15 is 0 Å². The van der Waals surface area contributed by atoms with Crippen LogP contribution in [-0.2, 0) is 20.6 Å². The van der Waals surface area contributed by atoms with Crippen LogP contribution >= 0.6 is 0 Å². The summed E-state index contributed by atoms with van der Waals surface area (Å²) >= 11 is 0. The molecule has 1 aliphatic rings. The third kappa shape index (κ3) is 2.20. The highest BCUT2D eigenvalue weighted by molar-refractivity contribution is 5.77. The monoisotopic (exact) mass is 343 g/mol. The minimum atomic E-state index is -0.408. The van der Waals surface area contributed by atoms with Gasteiger partial charge in [0.1, 0.15) is 5.82 Å². The first-order valence-corrected chi connectivity index (χ1v) is 8.08. The smallest absolute Gasteiger partial charge is 0.312 e. The highest BCUT2D eigenvalue weighted by atomic mass is 19.1. The number of aromatic nitrogens is 4. The lowest BCUT2D eigenvalue weighted by Gasteiger charge is -2.32. The van der Waals surface area contributed by atoms with Gasteiger partial charge in [0.15, 0.2) is 11.2 Å². The summed E-state index contributed by atoms with van der Waals surface area (Å²) in [6, 6.07) is 6.18. The largest absolute Gasteiger partial charge is 0.332 e. The molecule has 3 heterocycles. The number of hydrogen-bond acceptors (Lipinski definition) is 4. The van der Waals surface area contributed by atoms with Gasteiger partial charge in [-0.25, -0.2) is 9.18 Å². The Bertz CT molecular complexity index is 1090. The maximum atomic E-state index is 13.3. The van der Waals surface area contributed by atoms with Gasteiger partial charge in [0.25, 0.3) is 5.56 Å². The summed E-state index contributed by atoms with van der Waals surface area (Å²) in [4.78, 5) is 31.4. The van der Waals surface area contributed by atoms with Gasteiger partial charge in [-0.2, -0.15) is 4.98 Å². The molecule has 130 valence electrons. The van der Waals surface area contributed by atoms with E-state index in [4.69, 9.17) is 0 Å². The van der Waals surface area contributed by atoms with E-state index in [1.54, 1.807) is 19.2 Å². The number of aryl methyl sites for hydroxylation is 1. The zero-order valence-corrected chi connectivity index (χ0v) is 14.2. The fourth-order valence-corrected chi connectivity index (χ4v) is 3.42. The number of imidazole rings is 1. The van der Waals surface area contributed by atoms with Crippen molar-refractivity contribution in [1.29, 1.82) is 0 Å². The average Bonchev–Trinajstić information content (AvgIpc) is 2.97. The number of anilines is 2. The molecule has 0 aliphatic carbocycles. The van der Waals surface area contributed by atoms with E-state index in [0.717, 1.165) is 10.3 Å². The summed E-state index contributed by atoms with van der Waals surface area (Å²) in [5, 5.41) is 0. The van der Waals surface area contributed by atoms with Crippen LogP contribution in [0.25, 0.3) is 11.2 Å². The van der Waals surface area contributed by atoms with Crippen molar-refractivity contribution in [3.05, 3.63) is 50.9 Å². The molecule has 0 N–H and O–H groups in total. The van der Waals surface area contributed by atoms with Crippen LogP contribution in [0.4, 0.5) is 16.0 Å². The summed E-state index contributed by atoms with van der Waals surface area (Å²) in [6.07, 6.45) is 0. The van der Waals surface area contributed by atoms with Crippen LogP contribution in [0, 0.1) is 11.7 Å². The van der Waals surface area contributed by atoms with Crippen molar-refractivity contribution in [3.8, 4) is 0 Å². The summed E-state index contributed by atoms with van der Waals surface area (Å²) in [6.45, 7) is 3.41. The second-order valence-corrected chi connectivity index (χ2v) is 6.59. The minimum absolute atomic E-state index is 0.261. The van der Waals surface area contributed by atoms with Crippen LogP contribution in [0.2, 0.25) is 0 Å². The predicted octanol–water partition coefficient (Wildman–Crippen LogP) is 1.36. The number of fused-ring (bicyclic) bond motifs is 3. The standard InChI is InChI=1S/C17H18FN5O2/c1-10-8-22(12-6-4-11(18)5-7-12)16-19-14-13(23(16)9-10)15(24)21(3)17(25)20(14)2/h4-7,10H,8-9H2,1-3H3/t10-/m1/s1. The van der Waals surface area contributed by atoms with Gasteiger partial charge in [-0.3, -0.25) is 13.9 Å². The molecule has 0 radical (unpaired) electrons. The van der Waals surface area contributed by atoms with Crippen molar-refractivity contribution in [3.63, 3.8) is 0 Å². The van der Waals surface area contributed by atoms with Gasteiger partial charge in [-0.15, -0.1) is 0 Å². The van der Waals surface area contributed by atoms with E-state index in [9.17, 15) is 14.0 Å². The predicted molar refractivity (Wildman–Crippen MR) is 92.8 cm³/mol. The van der Waals surface area contributed by atoms with Crippen molar-refractivity contribution in [2.24, 2.45) is 20.0 Å². The van der Waals surface area contributed by atoms with E-state index < -0.39 is 5.69 Å². The van der Waals surface area contributed by atoms with Crippen LogP contribution in [0.3, 0.4) is 0 Å². The maximum absolute atomic E-state index is 13.3. The molecule has 1 aromatic carbocycles. The molecule has 8 heteroatoms. The molecule has 2 aromatic heterocycles. The van der Waals surface area contributed by atoms with Gasteiger partial charge >= 0.3 is 5.69 Å². The summed E-state index contributed by atoms with van der Waals surface area (Å²) in [5.74, 6) is 0.550. The first-order chi connectivity index (χ1) is 11.9. The molecule has 7 nitrogen and oxygen atoms in total. The topological polar surface area (TPSA) is 65.1 Å². The SMILES string of the molecule is C[C@@H]1CN(c2ccc(F)cc2)c2nc3c(c(=O)n(C)c(=O)n3C)n2C1. The maximum Gasteiger partial charge on any atom is 0.332 e. The van der Waals surface area contributed by atoms with E-state index in [1.807, 2.05) is 9.47 Å². The molecule has 0 saturated carbocycles. The van der Waals surface area contributed by atoms with Crippen molar-refractivity contribution in [2.45, 2.75) is 13.5 Å². The van der Waals surface area contributed by atoms with E-state index in [-0.39, 0.29) is 17.3 Å². The van der Waals surface area contributed by atoms with Gasteiger partial charge in [0.05, 0.1) is 0 Å². The summed E-state index contributed by atoms with van der Waals surface area (Å²) in [7, 11) is 3.07. The minimum Gasteiger partial charge on any atom is -0.312 e. The molecule has 0 unspecified atom stereocenters. The normalized spacial score (nSPS) is 17.1. The number of benzene rings is 1. The lowest BCUT2D eigenvalue weighted by atomic mass is 10.1. The molecule has 4 rings (SSSR count). The Balaban J connectivity index is 2.03. The first-order valence-electron chi connectivity index (χ1n) is 8.08. The zero-order valence-electron chi connectivity index (χ0n) is 14.2. The number of halogens is 1. The van der Waals surface area contributed by atoms with Gasteiger partial charge in [-0.1, -0.05) is 6.92 Å². The molecule has 0 spiro atoms. The molecule has 1 atom stereocenters. The Morgan fingerprint density at radius 3 is 2.44 bits per heavy atom. The molecule has 0 bridgehead atoms. The Morgan fingerprint density at radius 2 is 1.76 bits per heavy atom. The highest BCUT2D eigenvalue weighted by Gasteiger charge is 2.29. The fraction of sp³-hybridized carbons (Fsp3) is 0.353. The zero-order chi connectivity index (χ0) is 17.9. The first kappa shape index (κ1) is 15.6. The quantitative estimate of drug-likeness (QED) is 0.669. The second-order valence-electron chi connectivity index (χ2n) is 6.59. The third-order valence-corrected chi connectivity index (χ3v) is 4.70. The van der Waals surface area contributed by atoms with Gasteiger partial charge in [0, 0.05) is 32.9 Å². The van der Waals surface area contributed by atoms with E-state index in [1.165, 1.54) is 23.7 Å². The number of nitrogens with zero attached hydrogens (tertiary/aromatic N) is 5. The molecule has 0 fully saturated rings. The molecule has 25 heavy (non-hydrogen) atoms. The summed E-state index contributed by atoms with van der Waals surface area (Å²) < 4.78 is 17.6. The van der Waals surface area contributed by atoms with E-state index in [0.29, 0.717) is 30.2 Å². The molecule has 1 aliphatic heterocycles. The number of hydrogen-bond donors (Lipinski definition) is 0. The molecule has 0 saturated heterocycles. The Labute approximate surface area is 142 Å². The van der Waals surface area contributed by atoms with Crippen LogP contribution in [0.15, 0.2) is 33.9 Å².